The number of nitrogens with one attached hydrogen (secondary N) is 1. The van der Waals surface area contributed by atoms with Crippen molar-refractivity contribution in [2.45, 2.75) is 49.2 Å². The Hall–Kier alpha value is -5.00. The predicted octanol–water partition coefficient (Wildman–Crippen LogP) is 3.57. The molecule has 0 radical (unpaired) electrons. The first-order valence-corrected chi connectivity index (χ1v) is 14.0. The first-order valence-electron chi connectivity index (χ1n) is 14.0. The van der Waals surface area contributed by atoms with Gasteiger partial charge in [0.25, 0.3) is 5.91 Å². The topological polar surface area (TPSA) is 167 Å². The van der Waals surface area contributed by atoms with Gasteiger partial charge >= 0.3 is 12.4 Å². The van der Waals surface area contributed by atoms with Crippen LogP contribution in [0.4, 0.5) is 26.3 Å². The lowest BCUT2D eigenvalue weighted by Crippen LogP contribution is -2.51. The molecule has 248 valence electrons. The number of rotatable bonds is 8. The number of benzene rings is 1. The van der Waals surface area contributed by atoms with Crippen molar-refractivity contribution in [2.75, 3.05) is 20.3 Å². The summed E-state index contributed by atoms with van der Waals surface area (Å²) >= 11 is 0. The van der Waals surface area contributed by atoms with Gasteiger partial charge in [-0.2, -0.15) is 31.4 Å². The first kappa shape index (κ1) is 32.0. The minimum Gasteiger partial charge on any atom is -0.494 e. The van der Waals surface area contributed by atoms with E-state index >= 15 is 0 Å². The van der Waals surface area contributed by atoms with Crippen LogP contribution < -0.4 is 20.5 Å². The number of aliphatic hydroxyl groups is 1. The van der Waals surface area contributed by atoms with Gasteiger partial charge in [0.05, 0.1) is 25.4 Å². The largest absolute Gasteiger partial charge is 0.494 e. The number of ether oxygens (including phenoxy) is 2. The Morgan fingerprint density at radius 2 is 1.83 bits per heavy atom. The number of methoxy groups -OCH3 is 1. The average molecular weight is 666 g/mol. The molecule has 1 aromatic carbocycles. The minimum absolute atomic E-state index is 0.0894. The van der Waals surface area contributed by atoms with Crippen LogP contribution in [0.25, 0.3) is 22.2 Å². The van der Waals surface area contributed by atoms with Crippen LogP contribution in [-0.2, 0) is 22.0 Å². The van der Waals surface area contributed by atoms with Crippen LogP contribution in [0.5, 0.6) is 11.5 Å². The van der Waals surface area contributed by atoms with E-state index in [0.717, 1.165) is 18.9 Å². The number of carbonyl (C=O) groups is 2. The molecule has 47 heavy (non-hydrogen) atoms. The van der Waals surface area contributed by atoms with Crippen molar-refractivity contribution in [3.05, 3.63) is 59.4 Å². The molecule has 2 aliphatic rings. The van der Waals surface area contributed by atoms with Gasteiger partial charge in [0.15, 0.2) is 0 Å². The van der Waals surface area contributed by atoms with Crippen LogP contribution in [0.3, 0.4) is 0 Å². The first-order chi connectivity index (χ1) is 22.0. The molecule has 1 aliphatic heterocycles. The molecule has 3 aromatic heterocycles. The van der Waals surface area contributed by atoms with Gasteiger partial charge in [-0.1, -0.05) is 0 Å². The molecule has 2 amide bonds. The normalized spacial score (nSPS) is 19.2. The zero-order valence-electron chi connectivity index (χ0n) is 24.5. The van der Waals surface area contributed by atoms with Crippen LogP contribution in [0, 0.1) is 0 Å². The van der Waals surface area contributed by atoms with E-state index in [1.807, 2.05) is 0 Å². The third-order valence-electron chi connectivity index (χ3n) is 8.19. The predicted molar refractivity (Wildman–Crippen MR) is 149 cm³/mol. The van der Waals surface area contributed by atoms with Crippen molar-refractivity contribution < 1.29 is 50.5 Å². The summed E-state index contributed by atoms with van der Waals surface area (Å²) in [5, 5.41) is 18.3. The van der Waals surface area contributed by atoms with E-state index in [2.05, 4.69) is 25.4 Å². The Labute approximate surface area is 260 Å². The van der Waals surface area contributed by atoms with E-state index in [9.17, 15) is 41.0 Å². The lowest BCUT2D eigenvalue weighted by Gasteiger charge is -2.31. The minimum atomic E-state index is -5.48. The molecular formula is C29H25F6N7O5. The zero-order valence-corrected chi connectivity index (χ0v) is 24.5. The highest BCUT2D eigenvalue weighted by atomic mass is 19.4. The average Bonchev–Trinajstić information content (AvgIpc) is 3.69. The van der Waals surface area contributed by atoms with Crippen molar-refractivity contribution in [1.29, 1.82) is 0 Å². The summed E-state index contributed by atoms with van der Waals surface area (Å²) in [4.78, 5) is 36.0. The molecular weight excluding hydrogens is 640 g/mol. The number of halogens is 6. The monoisotopic (exact) mass is 665 g/mol. The Bertz CT molecular complexity index is 1910. The molecule has 1 unspecified atom stereocenters. The van der Waals surface area contributed by atoms with Crippen molar-refractivity contribution in [2.24, 2.45) is 5.73 Å². The quantitative estimate of drug-likeness (QED) is 0.239. The highest BCUT2D eigenvalue weighted by molar-refractivity contribution is 6.00. The highest BCUT2D eigenvalue weighted by Gasteiger charge is 2.58. The lowest BCUT2D eigenvalue weighted by molar-refractivity contribution is -0.265. The molecule has 1 saturated carbocycles. The molecule has 0 saturated heterocycles. The number of hydrogen-bond acceptors (Lipinski definition) is 9. The Morgan fingerprint density at radius 3 is 2.40 bits per heavy atom. The number of aromatic nitrogens is 5. The van der Waals surface area contributed by atoms with E-state index < -0.39 is 65.5 Å². The van der Waals surface area contributed by atoms with Crippen molar-refractivity contribution in [1.82, 2.24) is 30.0 Å². The summed E-state index contributed by atoms with van der Waals surface area (Å²) in [5.41, 5.74) is -1.83. The molecule has 18 heteroatoms. The third kappa shape index (κ3) is 5.45. The number of hydrogen-bond donors (Lipinski definition) is 3. The Balaban J connectivity index is 1.40. The van der Waals surface area contributed by atoms with Crippen LogP contribution >= 0.6 is 0 Å². The van der Waals surface area contributed by atoms with Gasteiger partial charge in [-0.3, -0.25) is 14.3 Å². The molecule has 6 rings (SSSR count). The van der Waals surface area contributed by atoms with Gasteiger partial charge in [-0.05, 0) is 38.0 Å². The maximum Gasteiger partial charge on any atom is 0.451 e. The van der Waals surface area contributed by atoms with Crippen molar-refractivity contribution in [3.8, 4) is 22.8 Å². The SMILES string of the molecule is COc1cc(C(=O)NCC(O)(c2cc3c(c(-c4cnc(C(F)(F)F)nc4)n2)OC[C@]3(C)C(N)=O)C(F)(F)F)cc2cn(C3CC3)nc12. The summed E-state index contributed by atoms with van der Waals surface area (Å²) in [6, 6.07) is 3.67. The summed E-state index contributed by atoms with van der Waals surface area (Å²) < 4.78 is 96.1. The van der Waals surface area contributed by atoms with Gasteiger partial charge < -0.3 is 25.6 Å². The van der Waals surface area contributed by atoms with Gasteiger partial charge in [-0.25, -0.2) is 15.0 Å². The van der Waals surface area contributed by atoms with E-state index in [0.29, 0.717) is 23.3 Å². The molecule has 0 spiro atoms. The number of pyridine rings is 1. The van der Waals surface area contributed by atoms with E-state index in [4.69, 9.17) is 15.2 Å². The van der Waals surface area contributed by atoms with Crippen LogP contribution in [-0.4, -0.2) is 68.1 Å². The molecule has 2 atom stereocenters. The van der Waals surface area contributed by atoms with Crippen LogP contribution in [0.2, 0.25) is 0 Å². The molecule has 4 aromatic rings. The smallest absolute Gasteiger partial charge is 0.451 e. The second-order valence-corrected chi connectivity index (χ2v) is 11.5. The second-order valence-electron chi connectivity index (χ2n) is 11.5. The van der Waals surface area contributed by atoms with Gasteiger partial charge in [0.1, 0.15) is 34.7 Å². The Kier molecular flexibility index (Phi) is 7.33. The van der Waals surface area contributed by atoms with Gasteiger partial charge in [-0.15, -0.1) is 0 Å². The fourth-order valence-corrected chi connectivity index (χ4v) is 5.17. The van der Waals surface area contributed by atoms with Gasteiger partial charge in [0, 0.05) is 40.7 Å². The number of carbonyl (C=O) groups excluding carboxylic acids is 2. The molecule has 1 fully saturated rings. The van der Waals surface area contributed by atoms with Crippen LogP contribution in [0.1, 0.15) is 53.2 Å². The van der Waals surface area contributed by atoms with Crippen molar-refractivity contribution >= 4 is 22.7 Å². The zero-order chi connectivity index (χ0) is 34.1. The molecule has 0 bridgehead atoms. The van der Waals surface area contributed by atoms with Crippen molar-refractivity contribution in [3.63, 3.8) is 0 Å². The van der Waals surface area contributed by atoms with Gasteiger partial charge in [0.2, 0.25) is 17.3 Å². The molecule has 4 N–H and O–H groups in total. The summed E-state index contributed by atoms with van der Waals surface area (Å²) in [6.07, 6.45) is -5.53. The maximum absolute atomic E-state index is 14.7. The standard InChI is InChI=1S/C29H25F6N7O5/c1-26(24(36)44)12-47-22-17(26)7-19(40-21(22)15-8-37-25(38-9-15)28(30,31)32)27(45,29(33,34)35)11-39-23(43)13-5-14-10-42(16-3-4-16)41-20(14)18(6-13)46-2/h5-10,16,45H,3-4,11-12H2,1-2H3,(H2,36,44)(H,39,43)/t26-,27?/m0/s1. The Morgan fingerprint density at radius 1 is 1.15 bits per heavy atom. The van der Waals surface area contributed by atoms with Crippen LogP contribution in [0.15, 0.2) is 36.8 Å². The molecule has 4 heterocycles. The molecule has 1 aliphatic carbocycles. The molecule has 12 nitrogen and oxygen atoms in total. The number of alkyl halides is 6. The number of nitrogens with two attached hydrogens (primary N) is 1. The fourth-order valence-electron chi connectivity index (χ4n) is 5.17. The number of nitrogens with zero attached hydrogens (tertiary/aromatic N) is 5. The summed E-state index contributed by atoms with van der Waals surface area (Å²) in [6.45, 7) is -0.624. The van der Waals surface area contributed by atoms with E-state index in [-0.39, 0.29) is 34.2 Å². The van der Waals surface area contributed by atoms with E-state index in [1.54, 1.807) is 10.9 Å². The highest BCUT2D eigenvalue weighted by Crippen LogP contribution is 2.48. The fraction of sp³-hybridized carbons (Fsp3) is 0.379. The summed E-state index contributed by atoms with van der Waals surface area (Å²) in [7, 11) is 1.34. The number of amides is 2. The summed E-state index contributed by atoms with van der Waals surface area (Å²) in [5.74, 6) is -3.59. The maximum atomic E-state index is 14.7. The lowest BCUT2D eigenvalue weighted by atomic mass is 9.82. The van der Waals surface area contributed by atoms with E-state index in [1.165, 1.54) is 26.2 Å². The number of fused-ring (bicyclic) bond motifs is 2. The second kappa shape index (κ2) is 10.8. The number of primary amides is 1. The third-order valence-corrected chi connectivity index (χ3v) is 8.19.